The Kier molecular flexibility index (Phi) is 7.19. The van der Waals surface area contributed by atoms with Gasteiger partial charge in [-0.25, -0.2) is 8.78 Å². The fraction of sp³-hybridized carbons (Fsp3) is 0.382. The lowest BCUT2D eigenvalue weighted by molar-refractivity contribution is -0.133. The molecule has 12 heteroatoms. The molecule has 2 aromatic heterocycles. The van der Waals surface area contributed by atoms with Crippen LogP contribution >= 0.6 is 31.9 Å². The van der Waals surface area contributed by atoms with E-state index in [1.165, 1.54) is 12.1 Å². The maximum Gasteiger partial charge on any atom is 0.237 e. The molecule has 0 radical (unpaired) electrons. The second kappa shape index (κ2) is 10.6. The number of halogens is 4. The molecule has 2 amide bonds. The van der Waals surface area contributed by atoms with Crippen LogP contribution in [0.15, 0.2) is 45.6 Å². The van der Waals surface area contributed by atoms with Gasteiger partial charge in [0.25, 0.3) is 0 Å². The van der Waals surface area contributed by atoms with E-state index in [2.05, 4.69) is 41.8 Å². The van der Waals surface area contributed by atoms with Crippen LogP contribution in [0.5, 0.6) is 0 Å². The third-order valence-corrected chi connectivity index (χ3v) is 11.8. The zero-order valence-corrected chi connectivity index (χ0v) is 28.7. The molecule has 8 nitrogen and oxygen atoms in total. The monoisotopic (exact) mass is 754 g/mol. The van der Waals surface area contributed by atoms with Crippen molar-refractivity contribution in [1.82, 2.24) is 9.97 Å². The van der Waals surface area contributed by atoms with Gasteiger partial charge in [0, 0.05) is 54.0 Å². The first-order valence-electron chi connectivity index (χ1n) is 15.0. The maximum atomic E-state index is 13.8. The van der Waals surface area contributed by atoms with Gasteiger partial charge in [-0.2, -0.15) is 0 Å². The number of amides is 2. The molecule has 2 aromatic carbocycles. The summed E-state index contributed by atoms with van der Waals surface area (Å²) < 4.78 is 28.3. The first-order chi connectivity index (χ1) is 21.7. The molecule has 4 heterocycles. The summed E-state index contributed by atoms with van der Waals surface area (Å²) in [5.74, 6) is -0.557. The Morgan fingerprint density at radius 3 is 1.65 bits per heavy atom. The molecule has 1 unspecified atom stereocenters. The smallest absolute Gasteiger partial charge is 0.237 e. The fourth-order valence-electron chi connectivity index (χ4n) is 7.95. The second-order valence-electron chi connectivity index (χ2n) is 13.1. The summed E-state index contributed by atoms with van der Waals surface area (Å²) in [5.41, 5.74) is 3.14. The number of rotatable bonds is 2. The van der Waals surface area contributed by atoms with Crippen LogP contribution in [-0.4, -0.2) is 52.9 Å². The number of hydrogen-bond donors (Lipinski definition) is 1. The standard InChI is InChI=1S/C17H16BrFN2O2.C17H14BrFN2O2/c2*1-8(22)9-5-17(6-9)15-10-3-11(18)12(19)4-13(10)20-7-14(15)21(2)16(17)23/h3-4,7-9,22H,5-6H2,1-2H3;3-4,7,9H,5-6H2,1-2H3. The predicted molar refractivity (Wildman–Crippen MR) is 177 cm³/mol. The lowest BCUT2D eigenvalue weighted by Crippen LogP contribution is -2.51. The number of ketones is 1. The zero-order chi connectivity index (χ0) is 33.0. The highest BCUT2D eigenvalue weighted by Crippen LogP contribution is 2.59. The molecule has 1 N–H and O–H groups in total. The van der Waals surface area contributed by atoms with Crippen LogP contribution in [0.2, 0.25) is 0 Å². The summed E-state index contributed by atoms with van der Waals surface area (Å²) in [7, 11) is 3.47. The Bertz CT molecular complexity index is 2020. The third kappa shape index (κ3) is 4.25. The Morgan fingerprint density at radius 2 is 1.26 bits per heavy atom. The number of likely N-dealkylation sites (N-methyl/N-ethyl adjacent to an activating group) is 2. The van der Waals surface area contributed by atoms with Gasteiger partial charge in [-0.3, -0.25) is 24.4 Å². The van der Waals surface area contributed by atoms with Gasteiger partial charge in [0.2, 0.25) is 11.8 Å². The van der Waals surface area contributed by atoms with Crippen LogP contribution in [-0.2, 0) is 25.2 Å². The molecule has 238 valence electrons. The largest absolute Gasteiger partial charge is 0.393 e. The number of Topliss-reactive ketones (excluding diaryl/α,β-unsaturated/α-hetero) is 1. The van der Waals surface area contributed by atoms with Crippen molar-refractivity contribution in [3.63, 3.8) is 0 Å². The average molecular weight is 756 g/mol. The number of carbonyl (C=O) groups is 3. The van der Waals surface area contributed by atoms with E-state index in [9.17, 15) is 28.3 Å². The lowest BCUT2D eigenvalue weighted by Gasteiger charge is -2.45. The molecule has 2 fully saturated rings. The van der Waals surface area contributed by atoms with Crippen molar-refractivity contribution < 1.29 is 28.3 Å². The Balaban J connectivity index is 0.000000147. The molecule has 46 heavy (non-hydrogen) atoms. The van der Waals surface area contributed by atoms with Crippen molar-refractivity contribution in [3.8, 4) is 0 Å². The molecular formula is C34H30Br2F2N4O4. The molecule has 4 aromatic rings. The number of aromatic nitrogens is 2. The third-order valence-electron chi connectivity index (χ3n) is 10.6. The molecule has 2 spiro atoms. The van der Waals surface area contributed by atoms with E-state index in [0.717, 1.165) is 33.3 Å². The molecular weight excluding hydrogens is 726 g/mol. The SMILES string of the molecule is CC(=O)C1CC2(C1)C(=O)N(C)c1cnc3cc(F)c(Br)cc3c12.CC(O)C1CC2(C1)C(=O)N(C)c1cnc3cc(F)c(Br)cc3c12. The number of fused-ring (bicyclic) bond motifs is 8. The highest BCUT2D eigenvalue weighted by atomic mass is 79.9. The zero-order valence-electron chi connectivity index (χ0n) is 25.5. The predicted octanol–water partition coefficient (Wildman–Crippen LogP) is 6.49. The highest BCUT2D eigenvalue weighted by molar-refractivity contribution is 9.10. The quantitative estimate of drug-likeness (QED) is 0.251. The number of carbonyl (C=O) groups excluding carboxylic acids is 3. The van der Waals surface area contributed by atoms with Gasteiger partial charge in [0.05, 0.1) is 60.7 Å². The normalized spacial score (nSPS) is 26.6. The number of hydrogen-bond acceptors (Lipinski definition) is 6. The van der Waals surface area contributed by atoms with E-state index in [1.807, 2.05) is 0 Å². The van der Waals surface area contributed by atoms with Gasteiger partial charge in [-0.05, 0) is 89.4 Å². The van der Waals surface area contributed by atoms with Crippen molar-refractivity contribution in [2.45, 2.75) is 56.5 Å². The van der Waals surface area contributed by atoms with Gasteiger partial charge in [-0.15, -0.1) is 0 Å². The molecule has 0 bridgehead atoms. The number of aliphatic hydroxyl groups is 1. The summed E-state index contributed by atoms with van der Waals surface area (Å²) in [6, 6.07) is 6.16. The van der Waals surface area contributed by atoms with Crippen LogP contribution < -0.4 is 9.80 Å². The Morgan fingerprint density at radius 1 is 0.848 bits per heavy atom. The van der Waals surface area contributed by atoms with Crippen LogP contribution in [0.4, 0.5) is 20.2 Å². The average Bonchev–Trinajstić information content (AvgIpc) is 3.33. The minimum Gasteiger partial charge on any atom is -0.393 e. The Hall–Kier alpha value is -3.35. The minimum absolute atomic E-state index is 0.000234. The number of nitrogens with zero attached hydrogens (tertiary/aromatic N) is 4. The van der Waals surface area contributed by atoms with Crippen molar-refractivity contribution in [2.75, 3.05) is 23.9 Å². The maximum absolute atomic E-state index is 13.8. The van der Waals surface area contributed by atoms with E-state index in [-0.39, 0.29) is 41.1 Å². The molecule has 1 atom stereocenters. The van der Waals surface area contributed by atoms with Crippen LogP contribution in [0.1, 0.15) is 50.7 Å². The minimum atomic E-state index is -0.668. The number of pyridine rings is 2. The topological polar surface area (TPSA) is 104 Å². The van der Waals surface area contributed by atoms with Gasteiger partial charge in [0.1, 0.15) is 17.4 Å². The van der Waals surface area contributed by atoms with Crippen molar-refractivity contribution in [3.05, 3.63) is 68.4 Å². The van der Waals surface area contributed by atoms with E-state index in [4.69, 9.17) is 0 Å². The highest BCUT2D eigenvalue weighted by Gasteiger charge is 2.60. The van der Waals surface area contributed by atoms with E-state index in [0.29, 0.717) is 45.7 Å². The molecule has 4 aliphatic rings. The first-order valence-corrected chi connectivity index (χ1v) is 16.6. The number of aliphatic hydroxyl groups excluding tert-OH is 1. The van der Waals surface area contributed by atoms with Crippen molar-refractivity contribution in [1.29, 1.82) is 0 Å². The summed E-state index contributed by atoms with van der Waals surface area (Å²) >= 11 is 6.44. The van der Waals surface area contributed by atoms with Crippen LogP contribution in [0.3, 0.4) is 0 Å². The van der Waals surface area contributed by atoms with Crippen LogP contribution in [0.25, 0.3) is 21.8 Å². The summed E-state index contributed by atoms with van der Waals surface area (Å²) in [6.45, 7) is 3.33. The van der Waals surface area contributed by atoms with E-state index in [1.54, 1.807) is 62.3 Å². The molecule has 2 aliphatic heterocycles. The van der Waals surface area contributed by atoms with Gasteiger partial charge >= 0.3 is 0 Å². The lowest BCUT2D eigenvalue weighted by atomic mass is 9.57. The molecule has 2 saturated carbocycles. The van der Waals surface area contributed by atoms with Crippen molar-refractivity contribution >= 4 is 82.6 Å². The number of anilines is 2. The summed E-state index contributed by atoms with van der Waals surface area (Å²) in [4.78, 5) is 49.2. The van der Waals surface area contributed by atoms with Crippen LogP contribution in [0, 0.1) is 23.5 Å². The van der Waals surface area contributed by atoms with E-state index < -0.39 is 16.9 Å². The summed E-state index contributed by atoms with van der Waals surface area (Å²) in [6.07, 6.45) is 5.12. The molecule has 2 aliphatic carbocycles. The summed E-state index contributed by atoms with van der Waals surface area (Å²) in [5, 5.41) is 11.4. The van der Waals surface area contributed by atoms with Crippen molar-refractivity contribution in [2.24, 2.45) is 11.8 Å². The van der Waals surface area contributed by atoms with Gasteiger partial charge in [-0.1, -0.05) is 0 Å². The van der Waals surface area contributed by atoms with E-state index >= 15 is 0 Å². The fourth-order valence-corrected chi connectivity index (χ4v) is 8.63. The van der Waals surface area contributed by atoms with Gasteiger partial charge in [0.15, 0.2) is 0 Å². The Labute approximate surface area is 280 Å². The number of benzene rings is 2. The molecule has 0 saturated heterocycles. The first kappa shape index (κ1) is 31.3. The van der Waals surface area contributed by atoms with Gasteiger partial charge < -0.3 is 14.9 Å². The molecule has 8 rings (SSSR count). The second-order valence-corrected chi connectivity index (χ2v) is 14.8.